The van der Waals surface area contributed by atoms with Gasteiger partial charge in [0.1, 0.15) is 5.75 Å². The SMILES string of the molecule is CCOc1ccc(S(=O)(=O)N[C@H](C)c2ccc(Br)cc2)cc1C. The van der Waals surface area contributed by atoms with Crippen LogP contribution in [-0.4, -0.2) is 15.0 Å². The Balaban J connectivity index is 2.21. The number of ether oxygens (including phenoxy) is 1. The van der Waals surface area contributed by atoms with E-state index in [1.165, 1.54) is 0 Å². The van der Waals surface area contributed by atoms with Gasteiger partial charge in [-0.1, -0.05) is 28.1 Å². The number of benzene rings is 2. The van der Waals surface area contributed by atoms with Crippen LogP contribution in [0.25, 0.3) is 0 Å². The fourth-order valence-electron chi connectivity index (χ4n) is 2.23. The van der Waals surface area contributed by atoms with Crippen LogP contribution in [0.15, 0.2) is 51.8 Å². The van der Waals surface area contributed by atoms with Crippen molar-refractivity contribution in [3.8, 4) is 5.75 Å². The summed E-state index contributed by atoms with van der Waals surface area (Å²) < 4.78 is 34.2. The van der Waals surface area contributed by atoms with E-state index < -0.39 is 10.0 Å². The van der Waals surface area contributed by atoms with Crippen molar-refractivity contribution in [2.75, 3.05) is 6.61 Å². The summed E-state index contributed by atoms with van der Waals surface area (Å²) in [5.41, 5.74) is 1.70. The highest BCUT2D eigenvalue weighted by molar-refractivity contribution is 9.10. The summed E-state index contributed by atoms with van der Waals surface area (Å²) in [7, 11) is -3.59. The molecule has 0 aliphatic heterocycles. The van der Waals surface area contributed by atoms with E-state index in [1.54, 1.807) is 18.2 Å². The molecule has 2 aromatic carbocycles. The van der Waals surface area contributed by atoms with E-state index in [0.717, 1.165) is 15.6 Å². The van der Waals surface area contributed by atoms with Crippen LogP contribution in [0.2, 0.25) is 0 Å². The van der Waals surface area contributed by atoms with Gasteiger partial charge in [-0.05, 0) is 62.2 Å². The predicted octanol–water partition coefficient (Wildman–Crippen LogP) is 4.20. The normalized spacial score (nSPS) is 12.9. The zero-order valence-electron chi connectivity index (χ0n) is 13.3. The lowest BCUT2D eigenvalue weighted by atomic mass is 10.1. The number of halogens is 1. The second-order valence-electron chi connectivity index (χ2n) is 5.25. The van der Waals surface area contributed by atoms with Gasteiger partial charge in [-0.25, -0.2) is 13.1 Å². The van der Waals surface area contributed by atoms with Crippen LogP contribution < -0.4 is 9.46 Å². The summed E-state index contributed by atoms with van der Waals surface area (Å²) in [6, 6.07) is 12.1. The first-order valence-electron chi connectivity index (χ1n) is 7.34. The van der Waals surface area contributed by atoms with Gasteiger partial charge in [0.15, 0.2) is 0 Å². The predicted molar refractivity (Wildman–Crippen MR) is 95.2 cm³/mol. The van der Waals surface area contributed by atoms with E-state index in [-0.39, 0.29) is 10.9 Å². The smallest absolute Gasteiger partial charge is 0.241 e. The lowest BCUT2D eigenvalue weighted by Gasteiger charge is -2.16. The first-order chi connectivity index (χ1) is 10.8. The minimum absolute atomic E-state index is 0.238. The molecular weight excluding hydrogens is 378 g/mol. The first kappa shape index (κ1) is 18.0. The van der Waals surface area contributed by atoms with E-state index in [0.29, 0.717) is 12.4 Å². The Labute approximate surface area is 146 Å². The molecule has 0 aliphatic rings. The van der Waals surface area contributed by atoms with E-state index in [1.807, 2.05) is 45.0 Å². The van der Waals surface area contributed by atoms with Gasteiger partial charge in [-0.15, -0.1) is 0 Å². The van der Waals surface area contributed by atoms with Gasteiger partial charge in [-0.3, -0.25) is 0 Å². The van der Waals surface area contributed by atoms with E-state index in [2.05, 4.69) is 20.7 Å². The molecular formula is C17H20BrNO3S. The summed E-state index contributed by atoms with van der Waals surface area (Å²) in [6.45, 7) is 6.10. The second-order valence-corrected chi connectivity index (χ2v) is 7.88. The molecule has 0 heterocycles. The molecule has 0 saturated heterocycles. The summed E-state index contributed by atoms with van der Waals surface area (Å²) in [5, 5.41) is 0. The zero-order valence-corrected chi connectivity index (χ0v) is 15.7. The van der Waals surface area contributed by atoms with Crippen LogP contribution in [0.3, 0.4) is 0 Å². The molecule has 0 aromatic heterocycles. The molecule has 0 aliphatic carbocycles. The molecule has 0 amide bonds. The van der Waals surface area contributed by atoms with Crippen molar-refractivity contribution in [3.63, 3.8) is 0 Å². The van der Waals surface area contributed by atoms with Gasteiger partial charge in [0.25, 0.3) is 0 Å². The Hall–Kier alpha value is -1.37. The summed E-state index contributed by atoms with van der Waals surface area (Å²) in [4.78, 5) is 0.238. The van der Waals surface area contributed by atoms with Crippen LogP contribution in [0.5, 0.6) is 5.75 Å². The molecule has 0 spiro atoms. The lowest BCUT2D eigenvalue weighted by molar-refractivity contribution is 0.337. The van der Waals surface area contributed by atoms with Gasteiger partial charge in [0.05, 0.1) is 11.5 Å². The average molecular weight is 398 g/mol. The van der Waals surface area contributed by atoms with Crippen LogP contribution in [0.4, 0.5) is 0 Å². The maximum absolute atomic E-state index is 12.5. The van der Waals surface area contributed by atoms with Gasteiger partial charge in [0, 0.05) is 10.5 Å². The summed E-state index contributed by atoms with van der Waals surface area (Å²) >= 11 is 3.37. The van der Waals surface area contributed by atoms with Crippen molar-refractivity contribution >= 4 is 26.0 Å². The number of hydrogen-bond acceptors (Lipinski definition) is 3. The van der Waals surface area contributed by atoms with Gasteiger partial charge >= 0.3 is 0 Å². The van der Waals surface area contributed by atoms with Crippen molar-refractivity contribution in [1.29, 1.82) is 0 Å². The van der Waals surface area contributed by atoms with E-state index >= 15 is 0 Å². The fourth-order valence-corrected chi connectivity index (χ4v) is 3.81. The van der Waals surface area contributed by atoms with Crippen molar-refractivity contribution in [3.05, 3.63) is 58.1 Å². The molecule has 1 N–H and O–H groups in total. The van der Waals surface area contributed by atoms with Crippen molar-refractivity contribution in [1.82, 2.24) is 4.72 Å². The Morgan fingerprint density at radius 2 is 1.83 bits per heavy atom. The molecule has 2 rings (SSSR count). The number of sulfonamides is 1. The molecule has 0 unspecified atom stereocenters. The Morgan fingerprint density at radius 1 is 1.17 bits per heavy atom. The van der Waals surface area contributed by atoms with Gasteiger partial charge in [0.2, 0.25) is 10.0 Å². The minimum Gasteiger partial charge on any atom is -0.494 e. The highest BCUT2D eigenvalue weighted by Crippen LogP contribution is 2.24. The largest absolute Gasteiger partial charge is 0.494 e. The Kier molecular flexibility index (Phi) is 5.84. The standard InChI is InChI=1S/C17H20BrNO3S/c1-4-22-17-10-9-16(11-12(17)2)23(20,21)19-13(3)14-5-7-15(18)8-6-14/h5-11,13,19H,4H2,1-3H3/t13-/m1/s1. The molecule has 124 valence electrons. The fraction of sp³-hybridized carbons (Fsp3) is 0.294. The summed E-state index contributed by atoms with van der Waals surface area (Å²) in [5.74, 6) is 0.701. The molecule has 0 bridgehead atoms. The van der Waals surface area contributed by atoms with Crippen LogP contribution in [0, 0.1) is 6.92 Å². The molecule has 23 heavy (non-hydrogen) atoms. The highest BCUT2D eigenvalue weighted by Gasteiger charge is 2.19. The maximum Gasteiger partial charge on any atom is 0.241 e. The molecule has 0 saturated carbocycles. The molecule has 1 atom stereocenters. The van der Waals surface area contributed by atoms with Crippen LogP contribution in [0.1, 0.15) is 31.0 Å². The summed E-state index contributed by atoms with van der Waals surface area (Å²) in [6.07, 6.45) is 0. The minimum atomic E-state index is -3.59. The van der Waals surface area contributed by atoms with Gasteiger partial charge < -0.3 is 4.74 Å². The lowest BCUT2D eigenvalue weighted by Crippen LogP contribution is -2.27. The third-order valence-electron chi connectivity index (χ3n) is 3.46. The quantitative estimate of drug-likeness (QED) is 0.794. The third kappa shape index (κ3) is 4.56. The van der Waals surface area contributed by atoms with Crippen molar-refractivity contribution < 1.29 is 13.2 Å². The first-order valence-corrected chi connectivity index (χ1v) is 9.62. The number of aryl methyl sites for hydroxylation is 1. The molecule has 2 aromatic rings. The maximum atomic E-state index is 12.5. The topological polar surface area (TPSA) is 55.4 Å². The second kappa shape index (κ2) is 7.47. The van der Waals surface area contributed by atoms with Crippen molar-refractivity contribution in [2.45, 2.75) is 31.7 Å². The molecule has 6 heteroatoms. The molecule has 0 radical (unpaired) electrons. The van der Waals surface area contributed by atoms with Gasteiger partial charge in [-0.2, -0.15) is 0 Å². The Morgan fingerprint density at radius 3 is 2.39 bits per heavy atom. The Bertz CT molecular complexity index is 773. The molecule has 0 fully saturated rings. The third-order valence-corrected chi connectivity index (χ3v) is 5.53. The van der Waals surface area contributed by atoms with Crippen LogP contribution >= 0.6 is 15.9 Å². The number of nitrogens with one attached hydrogen (secondary N) is 1. The van der Waals surface area contributed by atoms with Crippen LogP contribution in [-0.2, 0) is 10.0 Å². The average Bonchev–Trinajstić information content (AvgIpc) is 2.49. The van der Waals surface area contributed by atoms with Crippen molar-refractivity contribution in [2.24, 2.45) is 0 Å². The zero-order chi connectivity index (χ0) is 17.0. The number of hydrogen-bond donors (Lipinski definition) is 1. The highest BCUT2D eigenvalue weighted by atomic mass is 79.9. The number of rotatable bonds is 6. The molecule has 4 nitrogen and oxygen atoms in total. The van der Waals surface area contributed by atoms with E-state index in [9.17, 15) is 8.42 Å². The monoisotopic (exact) mass is 397 g/mol. The van der Waals surface area contributed by atoms with E-state index in [4.69, 9.17) is 4.74 Å².